The van der Waals surface area contributed by atoms with Crippen LogP contribution in [0.1, 0.15) is 25.7 Å². The van der Waals surface area contributed by atoms with Gasteiger partial charge < -0.3 is 19.5 Å². The van der Waals surface area contributed by atoms with Gasteiger partial charge in [-0.25, -0.2) is 4.98 Å². The van der Waals surface area contributed by atoms with Gasteiger partial charge in [0.1, 0.15) is 17.6 Å². The molecule has 1 aromatic heterocycles. The van der Waals surface area contributed by atoms with Gasteiger partial charge in [-0.2, -0.15) is 0 Å². The molecular weight excluding hydrogens is 332 g/mol. The van der Waals surface area contributed by atoms with Crippen LogP contribution in [0.5, 0.6) is 5.75 Å². The normalized spacial score (nSPS) is 15.3. The zero-order valence-electron chi connectivity index (χ0n) is 15.3. The Balaban J connectivity index is 1.54. The van der Waals surface area contributed by atoms with E-state index in [9.17, 15) is 9.59 Å². The molecule has 0 bridgehead atoms. The van der Waals surface area contributed by atoms with Gasteiger partial charge in [0.05, 0.1) is 13.0 Å². The van der Waals surface area contributed by atoms with E-state index >= 15 is 0 Å². The van der Waals surface area contributed by atoms with Crippen LogP contribution in [-0.2, 0) is 16.0 Å². The van der Waals surface area contributed by atoms with E-state index in [2.05, 4.69) is 10.3 Å². The number of anilines is 1. The first-order valence-corrected chi connectivity index (χ1v) is 8.79. The molecule has 0 spiro atoms. The number of ether oxygens (including phenoxy) is 1. The van der Waals surface area contributed by atoms with E-state index in [1.165, 1.54) is 0 Å². The predicted octanol–water partition coefficient (Wildman–Crippen LogP) is 2.11. The van der Waals surface area contributed by atoms with E-state index in [0.29, 0.717) is 24.5 Å². The van der Waals surface area contributed by atoms with Crippen LogP contribution in [0, 0.1) is 5.92 Å². The molecule has 1 aliphatic heterocycles. The lowest BCUT2D eigenvalue weighted by atomic mass is 9.98. The SMILES string of the molecule is CCc1nccn1[C@H](C)C(=O)N1CC(C(=O)Nc2cccc(OC)c2)C1. The minimum absolute atomic E-state index is 0.0168. The number of rotatable bonds is 6. The van der Waals surface area contributed by atoms with E-state index in [1.54, 1.807) is 24.3 Å². The van der Waals surface area contributed by atoms with Crippen LogP contribution < -0.4 is 10.1 Å². The molecule has 1 atom stereocenters. The van der Waals surface area contributed by atoms with Crippen LogP contribution >= 0.6 is 0 Å². The number of methoxy groups -OCH3 is 1. The molecule has 0 radical (unpaired) electrons. The average molecular weight is 356 g/mol. The molecule has 138 valence electrons. The summed E-state index contributed by atoms with van der Waals surface area (Å²) in [7, 11) is 1.59. The first-order chi connectivity index (χ1) is 12.5. The third kappa shape index (κ3) is 3.56. The largest absolute Gasteiger partial charge is 0.497 e. The van der Waals surface area contributed by atoms with Gasteiger partial charge in [0.2, 0.25) is 11.8 Å². The van der Waals surface area contributed by atoms with Crippen molar-refractivity contribution in [2.24, 2.45) is 5.92 Å². The second kappa shape index (κ2) is 7.59. The summed E-state index contributed by atoms with van der Waals surface area (Å²) in [5.41, 5.74) is 0.693. The third-order valence-electron chi connectivity index (χ3n) is 4.74. The fourth-order valence-electron chi connectivity index (χ4n) is 3.12. The first-order valence-electron chi connectivity index (χ1n) is 8.79. The number of aryl methyl sites for hydroxylation is 1. The molecule has 1 saturated heterocycles. The Kier molecular flexibility index (Phi) is 5.25. The molecule has 1 N–H and O–H groups in total. The maximum absolute atomic E-state index is 12.6. The van der Waals surface area contributed by atoms with Crippen molar-refractivity contribution in [2.75, 3.05) is 25.5 Å². The van der Waals surface area contributed by atoms with Gasteiger partial charge in [-0.1, -0.05) is 13.0 Å². The van der Waals surface area contributed by atoms with Crippen LogP contribution in [0.3, 0.4) is 0 Å². The van der Waals surface area contributed by atoms with Crippen LogP contribution in [-0.4, -0.2) is 46.5 Å². The van der Waals surface area contributed by atoms with Crippen molar-refractivity contribution in [3.63, 3.8) is 0 Å². The molecule has 1 fully saturated rings. The second-order valence-electron chi connectivity index (χ2n) is 6.44. The van der Waals surface area contributed by atoms with E-state index in [0.717, 1.165) is 12.2 Å². The van der Waals surface area contributed by atoms with Crippen LogP contribution in [0.25, 0.3) is 0 Å². The molecule has 0 unspecified atom stereocenters. The molecule has 2 heterocycles. The summed E-state index contributed by atoms with van der Waals surface area (Å²) in [6.45, 7) is 4.76. The molecule has 7 heteroatoms. The fraction of sp³-hybridized carbons (Fsp3) is 0.421. The smallest absolute Gasteiger partial charge is 0.245 e. The maximum atomic E-state index is 12.6. The lowest BCUT2D eigenvalue weighted by Crippen LogP contribution is -2.55. The monoisotopic (exact) mass is 356 g/mol. The summed E-state index contributed by atoms with van der Waals surface area (Å²) in [6, 6.07) is 6.92. The lowest BCUT2D eigenvalue weighted by Gasteiger charge is -2.39. The summed E-state index contributed by atoms with van der Waals surface area (Å²) < 4.78 is 7.05. The zero-order chi connectivity index (χ0) is 18.7. The molecular formula is C19H24N4O3. The number of hydrogen-bond donors (Lipinski definition) is 1. The van der Waals surface area contributed by atoms with E-state index < -0.39 is 0 Å². The van der Waals surface area contributed by atoms with Crippen molar-refractivity contribution >= 4 is 17.5 Å². The van der Waals surface area contributed by atoms with Crippen molar-refractivity contribution in [3.05, 3.63) is 42.5 Å². The number of aromatic nitrogens is 2. The molecule has 2 aromatic rings. The minimum atomic E-state index is -0.310. The molecule has 26 heavy (non-hydrogen) atoms. The molecule has 0 aliphatic carbocycles. The van der Waals surface area contributed by atoms with E-state index in [4.69, 9.17) is 4.74 Å². The zero-order valence-corrected chi connectivity index (χ0v) is 15.3. The maximum Gasteiger partial charge on any atom is 0.245 e. The van der Waals surface area contributed by atoms with Crippen LogP contribution in [0.4, 0.5) is 5.69 Å². The van der Waals surface area contributed by atoms with Crippen molar-refractivity contribution < 1.29 is 14.3 Å². The summed E-state index contributed by atoms with van der Waals surface area (Å²) in [5.74, 6) is 1.33. The van der Waals surface area contributed by atoms with Crippen LogP contribution in [0.15, 0.2) is 36.7 Å². The number of nitrogens with zero attached hydrogens (tertiary/aromatic N) is 3. The molecule has 1 aromatic carbocycles. The lowest BCUT2D eigenvalue weighted by molar-refractivity contribution is -0.143. The topological polar surface area (TPSA) is 76.5 Å². The Hall–Kier alpha value is -2.83. The van der Waals surface area contributed by atoms with Crippen molar-refractivity contribution in [1.82, 2.24) is 14.5 Å². The standard InChI is InChI=1S/C19H24N4O3/c1-4-17-20-8-9-23(17)13(2)19(25)22-11-14(12-22)18(24)21-15-6-5-7-16(10-15)26-3/h5-10,13-14H,4,11-12H2,1-3H3,(H,21,24)/t13-/m1/s1. The molecule has 1 aliphatic rings. The van der Waals surface area contributed by atoms with Crippen molar-refractivity contribution in [1.29, 1.82) is 0 Å². The highest BCUT2D eigenvalue weighted by atomic mass is 16.5. The number of amides is 2. The Labute approximate surface area is 153 Å². The average Bonchev–Trinajstić information content (AvgIpc) is 3.08. The highest BCUT2D eigenvalue weighted by molar-refractivity contribution is 5.95. The van der Waals surface area contributed by atoms with Gasteiger partial charge in [0.25, 0.3) is 0 Å². The molecule has 0 saturated carbocycles. The van der Waals surface area contributed by atoms with Gasteiger partial charge in [0, 0.05) is 43.7 Å². The number of likely N-dealkylation sites (tertiary alicyclic amines) is 1. The number of hydrogen-bond acceptors (Lipinski definition) is 4. The van der Waals surface area contributed by atoms with E-state index in [1.807, 2.05) is 42.8 Å². The van der Waals surface area contributed by atoms with Gasteiger partial charge in [-0.05, 0) is 19.1 Å². The fourth-order valence-corrected chi connectivity index (χ4v) is 3.12. The van der Waals surface area contributed by atoms with Gasteiger partial charge in [0.15, 0.2) is 0 Å². The molecule has 2 amide bonds. The Morgan fingerprint density at radius 3 is 2.85 bits per heavy atom. The molecule has 3 rings (SSSR count). The van der Waals surface area contributed by atoms with E-state index in [-0.39, 0.29) is 23.8 Å². The highest BCUT2D eigenvalue weighted by Crippen LogP contribution is 2.24. The summed E-state index contributed by atoms with van der Waals surface area (Å²) in [4.78, 5) is 31.0. The van der Waals surface area contributed by atoms with Crippen molar-refractivity contribution in [3.8, 4) is 5.75 Å². The number of nitrogens with one attached hydrogen (secondary N) is 1. The second-order valence-corrected chi connectivity index (χ2v) is 6.44. The number of benzene rings is 1. The van der Waals surface area contributed by atoms with Gasteiger partial charge >= 0.3 is 0 Å². The molecule has 7 nitrogen and oxygen atoms in total. The highest BCUT2D eigenvalue weighted by Gasteiger charge is 2.37. The predicted molar refractivity (Wildman–Crippen MR) is 98.0 cm³/mol. The third-order valence-corrected chi connectivity index (χ3v) is 4.74. The minimum Gasteiger partial charge on any atom is -0.497 e. The summed E-state index contributed by atoms with van der Waals surface area (Å²) in [6.07, 6.45) is 4.31. The Morgan fingerprint density at radius 2 is 2.15 bits per heavy atom. The van der Waals surface area contributed by atoms with Crippen LogP contribution in [0.2, 0.25) is 0 Å². The summed E-state index contributed by atoms with van der Waals surface area (Å²) >= 11 is 0. The quantitative estimate of drug-likeness (QED) is 0.860. The Bertz CT molecular complexity index is 796. The van der Waals surface area contributed by atoms with Crippen molar-refractivity contribution in [2.45, 2.75) is 26.3 Å². The first kappa shape index (κ1) is 18.0. The van der Waals surface area contributed by atoms with Gasteiger partial charge in [-0.15, -0.1) is 0 Å². The number of carbonyl (C=O) groups excluding carboxylic acids is 2. The Morgan fingerprint density at radius 1 is 1.38 bits per heavy atom. The summed E-state index contributed by atoms with van der Waals surface area (Å²) in [5, 5.41) is 2.88. The van der Waals surface area contributed by atoms with Gasteiger partial charge in [-0.3, -0.25) is 9.59 Å². The number of carbonyl (C=O) groups is 2. The number of imidazole rings is 1.